The summed E-state index contributed by atoms with van der Waals surface area (Å²) >= 11 is 6.14. The maximum atomic E-state index is 13.4. The number of rotatable bonds is 9. The number of piperidine rings is 1. The molecule has 0 saturated carbocycles. The lowest BCUT2D eigenvalue weighted by atomic mass is 9.94. The molecule has 2 amide bonds. The molecule has 3 aliphatic rings. The third-order valence-corrected chi connectivity index (χ3v) is 9.35. The minimum atomic E-state index is -0.227. The molecular weight excluding hydrogens is 556 g/mol. The van der Waals surface area contributed by atoms with E-state index in [4.69, 9.17) is 11.6 Å². The first-order valence-corrected chi connectivity index (χ1v) is 16.0. The Morgan fingerprint density at radius 2 is 1.70 bits per heavy atom. The van der Waals surface area contributed by atoms with Gasteiger partial charge in [0, 0.05) is 55.9 Å². The van der Waals surface area contributed by atoms with Crippen LogP contribution in [0.5, 0.6) is 0 Å². The number of nitrogens with zero attached hydrogens (tertiary/aromatic N) is 2. The lowest BCUT2D eigenvalue weighted by molar-refractivity contribution is -0.128. The number of anilines is 1. The van der Waals surface area contributed by atoms with Crippen molar-refractivity contribution in [3.8, 4) is 0 Å². The summed E-state index contributed by atoms with van der Waals surface area (Å²) in [7, 11) is 0. The number of halogens is 1. The van der Waals surface area contributed by atoms with Gasteiger partial charge in [-0.1, -0.05) is 77.8 Å². The van der Waals surface area contributed by atoms with E-state index in [-0.39, 0.29) is 23.9 Å². The van der Waals surface area contributed by atoms with Gasteiger partial charge >= 0.3 is 0 Å². The maximum absolute atomic E-state index is 13.4. The number of likely N-dealkylation sites (tertiary alicyclic amines) is 1. The highest BCUT2D eigenvalue weighted by Crippen LogP contribution is 2.28. The SMILES string of the molecule is O=C(N[C@H](CC=C1CCN(c2ccccc2CN2CCCC2=O)CC1)Cc1ccc(Cl)cc1)C1Cc2ccccc2CN1. The molecule has 6 rings (SSSR count). The molecule has 3 aromatic rings. The predicted octanol–water partition coefficient (Wildman–Crippen LogP) is 5.82. The molecule has 0 spiro atoms. The van der Waals surface area contributed by atoms with Gasteiger partial charge in [-0.15, -0.1) is 0 Å². The molecule has 6 nitrogen and oxygen atoms in total. The van der Waals surface area contributed by atoms with Crippen molar-refractivity contribution in [2.24, 2.45) is 0 Å². The van der Waals surface area contributed by atoms with Crippen LogP contribution >= 0.6 is 11.6 Å². The summed E-state index contributed by atoms with van der Waals surface area (Å²) in [5.74, 6) is 0.331. The lowest BCUT2D eigenvalue weighted by Gasteiger charge is -2.33. The van der Waals surface area contributed by atoms with E-state index in [1.165, 1.54) is 28.0 Å². The Labute approximate surface area is 260 Å². The van der Waals surface area contributed by atoms with Gasteiger partial charge in [-0.3, -0.25) is 9.59 Å². The molecule has 2 N–H and O–H groups in total. The van der Waals surface area contributed by atoms with Crippen LogP contribution in [0.3, 0.4) is 0 Å². The van der Waals surface area contributed by atoms with Crippen molar-refractivity contribution in [1.29, 1.82) is 0 Å². The second-order valence-electron chi connectivity index (χ2n) is 12.1. The first-order chi connectivity index (χ1) is 21.0. The minimum Gasteiger partial charge on any atom is -0.371 e. The van der Waals surface area contributed by atoms with Crippen LogP contribution in [0, 0.1) is 0 Å². The number of para-hydroxylation sites is 1. The summed E-state index contributed by atoms with van der Waals surface area (Å²) in [5.41, 5.74) is 7.61. The van der Waals surface area contributed by atoms with Crippen molar-refractivity contribution in [2.75, 3.05) is 24.5 Å². The summed E-state index contributed by atoms with van der Waals surface area (Å²) in [6.45, 7) is 4.18. The molecule has 2 saturated heterocycles. The summed E-state index contributed by atoms with van der Waals surface area (Å²) < 4.78 is 0. The molecule has 2 atom stereocenters. The molecule has 0 bridgehead atoms. The quantitative estimate of drug-likeness (QED) is 0.306. The molecule has 0 radical (unpaired) electrons. The van der Waals surface area contributed by atoms with Crippen molar-refractivity contribution < 1.29 is 9.59 Å². The molecule has 0 aliphatic carbocycles. The molecule has 2 fully saturated rings. The minimum absolute atomic E-state index is 0.00287. The molecular formula is C36H41ClN4O2. The fourth-order valence-corrected chi connectivity index (χ4v) is 6.74. The fourth-order valence-electron chi connectivity index (χ4n) is 6.62. The van der Waals surface area contributed by atoms with E-state index in [1.807, 2.05) is 23.1 Å². The number of hydrogen-bond donors (Lipinski definition) is 2. The van der Waals surface area contributed by atoms with Crippen LogP contribution in [0.1, 0.15) is 54.4 Å². The van der Waals surface area contributed by atoms with Gasteiger partial charge in [0.2, 0.25) is 11.8 Å². The van der Waals surface area contributed by atoms with Gasteiger partial charge in [0.25, 0.3) is 0 Å². The van der Waals surface area contributed by atoms with Gasteiger partial charge in [0.1, 0.15) is 0 Å². The first-order valence-electron chi connectivity index (χ1n) is 15.7. The van der Waals surface area contributed by atoms with Crippen LogP contribution in [-0.4, -0.2) is 48.4 Å². The van der Waals surface area contributed by atoms with E-state index in [9.17, 15) is 9.59 Å². The van der Waals surface area contributed by atoms with E-state index in [1.54, 1.807) is 0 Å². The van der Waals surface area contributed by atoms with Crippen molar-refractivity contribution >= 4 is 29.1 Å². The number of hydrogen-bond acceptors (Lipinski definition) is 4. The van der Waals surface area contributed by atoms with E-state index in [2.05, 4.69) is 76.2 Å². The zero-order chi connectivity index (χ0) is 29.6. The third kappa shape index (κ3) is 7.49. The van der Waals surface area contributed by atoms with Gasteiger partial charge in [0.05, 0.1) is 6.04 Å². The largest absolute Gasteiger partial charge is 0.371 e. The number of carbonyl (C=O) groups excluding carboxylic acids is 2. The predicted molar refractivity (Wildman–Crippen MR) is 173 cm³/mol. The highest BCUT2D eigenvalue weighted by Gasteiger charge is 2.26. The molecule has 1 unspecified atom stereocenters. The Kier molecular flexibility index (Phi) is 9.45. The van der Waals surface area contributed by atoms with Crippen LogP contribution in [0.2, 0.25) is 5.02 Å². The first kappa shape index (κ1) is 29.5. The number of carbonyl (C=O) groups is 2. The fraction of sp³-hybridized carbons (Fsp3) is 0.389. The van der Waals surface area contributed by atoms with E-state index >= 15 is 0 Å². The third-order valence-electron chi connectivity index (χ3n) is 9.10. The summed E-state index contributed by atoms with van der Waals surface area (Å²) in [5, 5.41) is 7.53. The van der Waals surface area contributed by atoms with Gasteiger partial charge in [0.15, 0.2) is 0 Å². The Balaban J connectivity index is 1.09. The van der Waals surface area contributed by atoms with Crippen LogP contribution in [-0.2, 0) is 35.5 Å². The second-order valence-corrected chi connectivity index (χ2v) is 12.5. The molecule has 224 valence electrons. The van der Waals surface area contributed by atoms with Gasteiger partial charge in [-0.05, 0) is 79.0 Å². The highest BCUT2D eigenvalue weighted by atomic mass is 35.5. The maximum Gasteiger partial charge on any atom is 0.237 e. The van der Waals surface area contributed by atoms with Crippen LogP contribution < -0.4 is 15.5 Å². The normalized spacial score (nSPS) is 19.2. The lowest BCUT2D eigenvalue weighted by Crippen LogP contribution is -2.50. The second kappa shape index (κ2) is 13.8. The number of fused-ring (bicyclic) bond motifs is 1. The Hall–Kier alpha value is -3.61. The zero-order valence-corrected chi connectivity index (χ0v) is 25.5. The highest BCUT2D eigenvalue weighted by molar-refractivity contribution is 6.30. The number of amides is 2. The van der Waals surface area contributed by atoms with Crippen molar-refractivity contribution in [2.45, 2.75) is 70.1 Å². The standard InChI is InChI=1S/C36H41ClN4O2/c37-31-14-11-27(12-15-31)22-32(39-36(43)33-23-28-6-1-2-7-29(28)24-38-33)16-13-26-17-20-40(21-18-26)34-9-4-3-8-30(34)25-41-19-5-10-35(41)42/h1-4,6-9,11-15,32-33,38H,5,10,16-25H2,(H,39,43)/t32-,33?/m1/s1. The summed E-state index contributed by atoms with van der Waals surface area (Å²) in [4.78, 5) is 30.1. The van der Waals surface area contributed by atoms with Gasteiger partial charge < -0.3 is 20.4 Å². The topological polar surface area (TPSA) is 64.7 Å². The van der Waals surface area contributed by atoms with Crippen LogP contribution in [0.15, 0.2) is 84.4 Å². The Bertz CT molecular complexity index is 1460. The van der Waals surface area contributed by atoms with Crippen molar-refractivity contribution in [3.63, 3.8) is 0 Å². The number of benzene rings is 3. The molecule has 43 heavy (non-hydrogen) atoms. The smallest absolute Gasteiger partial charge is 0.237 e. The molecule has 0 aromatic heterocycles. The van der Waals surface area contributed by atoms with E-state index in [0.717, 1.165) is 62.3 Å². The zero-order valence-electron chi connectivity index (χ0n) is 24.7. The number of nitrogens with one attached hydrogen (secondary N) is 2. The van der Waals surface area contributed by atoms with Gasteiger partial charge in [-0.25, -0.2) is 0 Å². The van der Waals surface area contributed by atoms with Crippen molar-refractivity contribution in [1.82, 2.24) is 15.5 Å². The van der Waals surface area contributed by atoms with E-state index < -0.39 is 0 Å². The summed E-state index contributed by atoms with van der Waals surface area (Å²) in [6.07, 6.45) is 8.25. The Morgan fingerprint density at radius 1 is 0.953 bits per heavy atom. The summed E-state index contributed by atoms with van der Waals surface area (Å²) in [6, 6.07) is 24.6. The van der Waals surface area contributed by atoms with Crippen molar-refractivity contribution in [3.05, 3.63) is 112 Å². The molecule has 3 aliphatic heterocycles. The van der Waals surface area contributed by atoms with E-state index in [0.29, 0.717) is 25.9 Å². The van der Waals surface area contributed by atoms with Crippen LogP contribution in [0.25, 0.3) is 0 Å². The molecule has 7 heteroatoms. The average Bonchev–Trinajstić information content (AvgIpc) is 3.45. The monoisotopic (exact) mass is 596 g/mol. The van der Waals surface area contributed by atoms with Crippen LogP contribution in [0.4, 0.5) is 5.69 Å². The van der Waals surface area contributed by atoms with Gasteiger partial charge in [-0.2, -0.15) is 0 Å². The average molecular weight is 597 g/mol. The molecule has 3 heterocycles. The Morgan fingerprint density at radius 3 is 2.47 bits per heavy atom. The molecule has 3 aromatic carbocycles.